The van der Waals surface area contributed by atoms with E-state index in [-0.39, 0.29) is 16.6 Å². The topological polar surface area (TPSA) is 46.5 Å². The molecule has 0 saturated heterocycles. The number of carbonyl (C=O) groups is 1. The summed E-state index contributed by atoms with van der Waals surface area (Å²) in [4.78, 5) is 10.6. The highest BCUT2D eigenvalue weighted by molar-refractivity contribution is 7.96. The number of thiocarbonyl (C=S) groups is 1. The van der Waals surface area contributed by atoms with Gasteiger partial charge in [-0.1, -0.05) is 39.0 Å². The van der Waals surface area contributed by atoms with E-state index in [1.807, 2.05) is 0 Å². The summed E-state index contributed by atoms with van der Waals surface area (Å²) in [5.41, 5.74) is 0. The standard InChI is InChI=1S/C12H22O3S2/c1-2-3-4-5-6-7-8-15-12(17)10(13)9-11(14)16/h10,13H,2-9H2,1H3,(H,14,16). The largest absolute Gasteiger partial charge is 0.484 e. The van der Waals surface area contributed by atoms with Gasteiger partial charge < -0.3 is 9.84 Å². The number of carbonyl (C=O) groups excluding carboxylic acids is 1. The maximum absolute atomic E-state index is 10.6. The van der Waals surface area contributed by atoms with Crippen LogP contribution in [0.25, 0.3) is 0 Å². The first-order chi connectivity index (χ1) is 8.07. The second-order valence-corrected chi connectivity index (χ2v) is 4.95. The molecule has 1 atom stereocenters. The summed E-state index contributed by atoms with van der Waals surface area (Å²) in [6.07, 6.45) is 5.95. The zero-order valence-corrected chi connectivity index (χ0v) is 12.1. The van der Waals surface area contributed by atoms with Crippen LogP contribution in [0.3, 0.4) is 0 Å². The van der Waals surface area contributed by atoms with Crippen LogP contribution in [0.15, 0.2) is 0 Å². The van der Waals surface area contributed by atoms with Gasteiger partial charge in [-0.3, -0.25) is 4.79 Å². The van der Waals surface area contributed by atoms with Crippen LogP contribution < -0.4 is 0 Å². The Balaban J connectivity index is 3.41. The minimum atomic E-state index is -1.00. The fourth-order valence-electron chi connectivity index (χ4n) is 1.40. The Kier molecular flexibility index (Phi) is 10.9. The van der Waals surface area contributed by atoms with Crippen LogP contribution in [0.5, 0.6) is 0 Å². The number of thiol groups is 1. The molecule has 0 aliphatic carbocycles. The first kappa shape index (κ1) is 16.9. The molecule has 0 aliphatic heterocycles. The van der Waals surface area contributed by atoms with E-state index in [0.717, 1.165) is 12.8 Å². The summed E-state index contributed by atoms with van der Waals surface area (Å²) in [7, 11) is 0. The first-order valence-corrected chi connectivity index (χ1v) is 7.00. The van der Waals surface area contributed by atoms with E-state index in [4.69, 9.17) is 17.0 Å². The summed E-state index contributed by atoms with van der Waals surface area (Å²) in [5.74, 6) is 0. The highest BCUT2D eigenvalue weighted by Crippen LogP contribution is 2.06. The van der Waals surface area contributed by atoms with Gasteiger partial charge in [-0.25, -0.2) is 0 Å². The van der Waals surface area contributed by atoms with E-state index in [0.29, 0.717) is 6.61 Å². The van der Waals surface area contributed by atoms with Crippen molar-refractivity contribution in [2.75, 3.05) is 6.61 Å². The molecule has 0 radical (unpaired) electrons. The van der Waals surface area contributed by atoms with Gasteiger partial charge in [0, 0.05) is 0 Å². The van der Waals surface area contributed by atoms with Crippen molar-refractivity contribution >= 4 is 35.0 Å². The molecule has 100 valence electrons. The highest BCUT2D eigenvalue weighted by Gasteiger charge is 2.14. The Bertz CT molecular complexity index is 232. The van der Waals surface area contributed by atoms with Crippen LogP contribution in [0.2, 0.25) is 0 Å². The van der Waals surface area contributed by atoms with E-state index < -0.39 is 6.10 Å². The molecule has 0 bridgehead atoms. The number of hydrogen-bond acceptors (Lipinski definition) is 4. The molecule has 17 heavy (non-hydrogen) atoms. The maximum atomic E-state index is 10.6. The van der Waals surface area contributed by atoms with Crippen molar-refractivity contribution in [3.05, 3.63) is 0 Å². The zero-order valence-electron chi connectivity index (χ0n) is 10.4. The number of rotatable bonds is 10. The van der Waals surface area contributed by atoms with Crippen LogP contribution in [0.1, 0.15) is 51.9 Å². The van der Waals surface area contributed by atoms with Crippen LogP contribution in [0.4, 0.5) is 0 Å². The Labute approximate surface area is 114 Å². The van der Waals surface area contributed by atoms with Gasteiger partial charge in [-0.05, 0) is 18.6 Å². The Hall–Kier alpha value is -0.130. The molecule has 5 heteroatoms. The van der Waals surface area contributed by atoms with E-state index in [9.17, 15) is 9.90 Å². The minimum Gasteiger partial charge on any atom is -0.484 e. The number of ether oxygens (including phenoxy) is 1. The minimum absolute atomic E-state index is 0.0849. The lowest BCUT2D eigenvalue weighted by Crippen LogP contribution is -2.23. The molecule has 0 amide bonds. The van der Waals surface area contributed by atoms with Crippen LogP contribution in [0, 0.1) is 0 Å². The predicted molar refractivity (Wildman–Crippen MR) is 76.5 cm³/mol. The van der Waals surface area contributed by atoms with Crippen LogP contribution in [-0.4, -0.2) is 28.0 Å². The molecule has 0 spiro atoms. The fraction of sp³-hybridized carbons (Fsp3) is 0.833. The smallest absolute Gasteiger partial charge is 0.189 e. The molecule has 1 N–H and O–H groups in total. The third-order valence-corrected chi connectivity index (χ3v) is 2.95. The number of aliphatic hydroxyl groups is 1. The van der Waals surface area contributed by atoms with Crippen molar-refractivity contribution in [2.45, 2.75) is 58.0 Å². The van der Waals surface area contributed by atoms with E-state index >= 15 is 0 Å². The van der Waals surface area contributed by atoms with Crippen LogP contribution in [-0.2, 0) is 9.53 Å². The lowest BCUT2D eigenvalue weighted by Gasteiger charge is -2.11. The summed E-state index contributed by atoms with van der Waals surface area (Å²) in [6, 6.07) is 0. The van der Waals surface area contributed by atoms with Gasteiger partial charge in [-0.2, -0.15) is 0 Å². The molecule has 0 aromatic carbocycles. The molecule has 0 fully saturated rings. The number of hydrogen-bond donors (Lipinski definition) is 2. The van der Waals surface area contributed by atoms with E-state index in [1.165, 1.54) is 25.7 Å². The number of aliphatic hydroxyl groups excluding tert-OH is 1. The van der Waals surface area contributed by atoms with E-state index in [1.54, 1.807) is 0 Å². The lowest BCUT2D eigenvalue weighted by atomic mass is 10.1. The highest BCUT2D eigenvalue weighted by atomic mass is 32.1. The fourth-order valence-corrected chi connectivity index (χ4v) is 1.74. The summed E-state index contributed by atoms with van der Waals surface area (Å²) in [6.45, 7) is 2.70. The number of unbranched alkanes of at least 4 members (excludes halogenated alkanes) is 5. The zero-order chi connectivity index (χ0) is 13.1. The van der Waals surface area contributed by atoms with Gasteiger partial charge in [-0.15, -0.1) is 12.6 Å². The van der Waals surface area contributed by atoms with Gasteiger partial charge in [0.2, 0.25) is 0 Å². The quantitative estimate of drug-likeness (QED) is 0.366. The molecule has 0 aromatic heterocycles. The summed E-state index contributed by atoms with van der Waals surface area (Å²) >= 11 is 8.43. The first-order valence-electron chi connectivity index (χ1n) is 6.14. The molecule has 0 aromatic rings. The third-order valence-electron chi connectivity index (χ3n) is 2.38. The average molecular weight is 278 g/mol. The molecule has 0 aliphatic rings. The van der Waals surface area contributed by atoms with Crippen molar-refractivity contribution in [1.29, 1.82) is 0 Å². The molecular weight excluding hydrogens is 256 g/mol. The van der Waals surface area contributed by atoms with Gasteiger partial charge in [0.05, 0.1) is 13.0 Å². The van der Waals surface area contributed by atoms with Gasteiger partial charge >= 0.3 is 0 Å². The second-order valence-electron chi connectivity index (χ2n) is 4.05. The Morgan fingerprint density at radius 3 is 2.47 bits per heavy atom. The van der Waals surface area contributed by atoms with Crippen molar-refractivity contribution in [3.63, 3.8) is 0 Å². The van der Waals surface area contributed by atoms with Gasteiger partial charge in [0.1, 0.15) is 6.10 Å². The normalized spacial score (nSPS) is 12.2. The summed E-state index contributed by atoms with van der Waals surface area (Å²) < 4.78 is 5.21. The van der Waals surface area contributed by atoms with Gasteiger partial charge in [0.25, 0.3) is 0 Å². The SMILES string of the molecule is CCCCCCCCOC(=S)C(O)CC(=O)S. The molecule has 0 rings (SSSR count). The summed E-state index contributed by atoms with van der Waals surface area (Å²) in [5, 5.41) is 9.14. The molecule has 3 nitrogen and oxygen atoms in total. The second kappa shape index (κ2) is 11.0. The van der Waals surface area contributed by atoms with E-state index in [2.05, 4.69) is 19.6 Å². The van der Waals surface area contributed by atoms with Crippen molar-refractivity contribution in [2.24, 2.45) is 0 Å². The average Bonchev–Trinajstić information content (AvgIpc) is 2.26. The van der Waals surface area contributed by atoms with Crippen LogP contribution >= 0.6 is 24.8 Å². The Morgan fingerprint density at radius 1 is 1.29 bits per heavy atom. The van der Waals surface area contributed by atoms with Crippen molar-refractivity contribution in [3.8, 4) is 0 Å². The Morgan fingerprint density at radius 2 is 1.88 bits per heavy atom. The molecule has 0 saturated carbocycles. The van der Waals surface area contributed by atoms with Crippen molar-refractivity contribution in [1.82, 2.24) is 0 Å². The predicted octanol–water partition coefficient (Wildman–Crippen LogP) is 2.90. The monoisotopic (exact) mass is 278 g/mol. The van der Waals surface area contributed by atoms with Gasteiger partial charge in [0.15, 0.2) is 10.2 Å². The third kappa shape index (κ3) is 10.7. The lowest BCUT2D eigenvalue weighted by molar-refractivity contribution is -0.111. The van der Waals surface area contributed by atoms with Crippen molar-refractivity contribution < 1.29 is 14.6 Å². The maximum Gasteiger partial charge on any atom is 0.189 e. The molecule has 1 unspecified atom stereocenters. The molecular formula is C12H22O3S2. The molecule has 0 heterocycles.